The molecule has 0 aliphatic carbocycles. The van der Waals surface area contributed by atoms with Crippen LogP contribution in [-0.2, 0) is 0 Å². The average Bonchev–Trinajstić information content (AvgIpc) is 2.60. The third kappa shape index (κ3) is 2.51. The minimum atomic E-state index is 0.619. The Morgan fingerprint density at radius 2 is 2.27 bits per heavy atom. The zero-order chi connectivity index (χ0) is 10.8. The molecule has 1 aliphatic rings. The molecule has 15 heavy (non-hydrogen) atoms. The summed E-state index contributed by atoms with van der Waals surface area (Å²) >= 11 is 5.69. The maximum absolute atomic E-state index is 3.64. The second-order valence-corrected chi connectivity index (χ2v) is 6.33. The fourth-order valence-electron chi connectivity index (χ4n) is 1.88. The number of rotatable bonds is 2. The molecule has 1 fully saturated rings. The second-order valence-electron chi connectivity index (χ2n) is 4.05. The van der Waals surface area contributed by atoms with Crippen LogP contribution in [0.1, 0.15) is 18.9 Å². The molecule has 1 aromatic rings. The van der Waals surface area contributed by atoms with Crippen molar-refractivity contribution in [3.05, 3.63) is 28.2 Å². The predicted octanol–water partition coefficient (Wildman–Crippen LogP) is 4.06. The van der Waals surface area contributed by atoms with Crippen molar-refractivity contribution in [2.24, 2.45) is 0 Å². The van der Waals surface area contributed by atoms with E-state index < -0.39 is 0 Å². The van der Waals surface area contributed by atoms with Gasteiger partial charge in [0.2, 0.25) is 0 Å². The quantitative estimate of drug-likeness (QED) is 0.879. The molecule has 0 amide bonds. The van der Waals surface area contributed by atoms with Crippen LogP contribution in [0.3, 0.4) is 0 Å². The number of thioether (sulfide) groups is 1. The van der Waals surface area contributed by atoms with Gasteiger partial charge < -0.3 is 5.32 Å². The molecule has 1 aliphatic heterocycles. The zero-order valence-corrected chi connectivity index (χ0v) is 11.5. The molecule has 0 aromatic heterocycles. The highest BCUT2D eigenvalue weighted by molar-refractivity contribution is 9.10. The Labute approximate surface area is 104 Å². The molecule has 2 unspecified atom stereocenters. The van der Waals surface area contributed by atoms with Crippen LogP contribution >= 0.6 is 27.7 Å². The summed E-state index contributed by atoms with van der Waals surface area (Å²) in [7, 11) is 0. The maximum Gasteiger partial charge on any atom is 0.0489 e. The van der Waals surface area contributed by atoms with Gasteiger partial charge >= 0.3 is 0 Å². The van der Waals surface area contributed by atoms with Crippen molar-refractivity contribution in [2.45, 2.75) is 31.6 Å². The van der Waals surface area contributed by atoms with Crippen molar-refractivity contribution in [1.29, 1.82) is 0 Å². The third-order valence-corrected chi connectivity index (χ3v) is 5.29. The van der Waals surface area contributed by atoms with E-state index in [4.69, 9.17) is 0 Å². The standard InChI is InChI=1S/C12H16BrNS/c1-8-4-3-5-11(12(8)13)14-10-6-7-15-9(10)2/h3-5,9-10,14H,6-7H2,1-2H3. The van der Waals surface area contributed by atoms with Crippen LogP contribution in [0.25, 0.3) is 0 Å². The van der Waals surface area contributed by atoms with Gasteiger partial charge in [0.1, 0.15) is 0 Å². The Bertz CT molecular complexity index is 353. The summed E-state index contributed by atoms with van der Waals surface area (Å²) in [5.41, 5.74) is 2.52. The number of aryl methyl sites for hydroxylation is 1. The zero-order valence-electron chi connectivity index (χ0n) is 9.09. The van der Waals surface area contributed by atoms with Gasteiger partial charge in [-0.1, -0.05) is 19.1 Å². The first kappa shape index (κ1) is 11.3. The SMILES string of the molecule is Cc1cccc(NC2CCSC2C)c1Br. The number of benzene rings is 1. The summed E-state index contributed by atoms with van der Waals surface area (Å²) in [5, 5.41) is 4.35. The monoisotopic (exact) mass is 285 g/mol. The minimum Gasteiger partial charge on any atom is -0.380 e. The molecule has 0 saturated carbocycles. The summed E-state index contributed by atoms with van der Waals surface area (Å²) in [5.74, 6) is 1.28. The Morgan fingerprint density at radius 1 is 1.47 bits per heavy atom. The summed E-state index contributed by atoms with van der Waals surface area (Å²) in [6.07, 6.45) is 1.27. The minimum absolute atomic E-state index is 0.619. The lowest BCUT2D eigenvalue weighted by atomic mass is 10.1. The Hall–Kier alpha value is -0.150. The molecule has 0 radical (unpaired) electrons. The van der Waals surface area contributed by atoms with Gasteiger partial charge in [-0.05, 0) is 46.7 Å². The molecular weight excluding hydrogens is 270 g/mol. The van der Waals surface area contributed by atoms with Crippen molar-refractivity contribution in [3.63, 3.8) is 0 Å². The Balaban J connectivity index is 2.13. The molecule has 0 bridgehead atoms. The lowest BCUT2D eigenvalue weighted by molar-refractivity contribution is 0.723. The first-order chi connectivity index (χ1) is 7.18. The van der Waals surface area contributed by atoms with Crippen LogP contribution in [-0.4, -0.2) is 17.0 Å². The van der Waals surface area contributed by atoms with E-state index >= 15 is 0 Å². The van der Waals surface area contributed by atoms with E-state index in [1.807, 2.05) is 0 Å². The highest BCUT2D eigenvalue weighted by Crippen LogP contribution is 2.32. The van der Waals surface area contributed by atoms with Gasteiger partial charge in [0.15, 0.2) is 0 Å². The predicted molar refractivity (Wildman–Crippen MR) is 72.8 cm³/mol. The summed E-state index contributed by atoms with van der Waals surface area (Å²) in [4.78, 5) is 0. The van der Waals surface area contributed by atoms with Crippen LogP contribution in [0.2, 0.25) is 0 Å². The molecule has 0 spiro atoms. The summed E-state index contributed by atoms with van der Waals surface area (Å²) < 4.78 is 1.20. The van der Waals surface area contributed by atoms with E-state index in [2.05, 4.69) is 65.1 Å². The van der Waals surface area contributed by atoms with Crippen LogP contribution < -0.4 is 5.32 Å². The largest absolute Gasteiger partial charge is 0.380 e. The highest BCUT2D eigenvalue weighted by Gasteiger charge is 2.24. The van der Waals surface area contributed by atoms with Crippen molar-refractivity contribution in [3.8, 4) is 0 Å². The van der Waals surface area contributed by atoms with Gasteiger partial charge in [-0.3, -0.25) is 0 Å². The topological polar surface area (TPSA) is 12.0 Å². The highest BCUT2D eigenvalue weighted by atomic mass is 79.9. The van der Waals surface area contributed by atoms with Gasteiger partial charge in [0.05, 0.1) is 0 Å². The first-order valence-corrected chi connectivity index (χ1v) is 7.16. The molecule has 2 atom stereocenters. The van der Waals surface area contributed by atoms with E-state index in [1.54, 1.807) is 0 Å². The van der Waals surface area contributed by atoms with E-state index in [0.717, 1.165) is 5.25 Å². The van der Waals surface area contributed by atoms with Crippen molar-refractivity contribution in [2.75, 3.05) is 11.1 Å². The fourth-order valence-corrected chi connectivity index (χ4v) is 3.46. The molecule has 1 saturated heterocycles. The molecular formula is C12H16BrNS. The lowest BCUT2D eigenvalue weighted by Gasteiger charge is -2.19. The van der Waals surface area contributed by atoms with Crippen LogP contribution in [0.4, 0.5) is 5.69 Å². The van der Waals surface area contributed by atoms with E-state index in [-0.39, 0.29) is 0 Å². The van der Waals surface area contributed by atoms with E-state index in [9.17, 15) is 0 Å². The third-order valence-electron chi connectivity index (χ3n) is 2.91. The molecule has 1 nitrogen and oxygen atoms in total. The summed E-state index contributed by atoms with van der Waals surface area (Å²) in [6, 6.07) is 7.00. The van der Waals surface area contributed by atoms with E-state index in [0.29, 0.717) is 6.04 Å². The fraction of sp³-hybridized carbons (Fsp3) is 0.500. The smallest absolute Gasteiger partial charge is 0.0489 e. The average molecular weight is 286 g/mol. The number of hydrogen-bond donors (Lipinski definition) is 1. The number of nitrogens with one attached hydrogen (secondary N) is 1. The molecule has 3 heteroatoms. The van der Waals surface area contributed by atoms with Crippen molar-refractivity contribution < 1.29 is 0 Å². The van der Waals surface area contributed by atoms with Crippen LogP contribution in [0, 0.1) is 6.92 Å². The van der Waals surface area contributed by atoms with Gasteiger partial charge in [0, 0.05) is 21.5 Å². The molecule has 82 valence electrons. The number of halogens is 1. The lowest BCUT2D eigenvalue weighted by Crippen LogP contribution is -2.24. The first-order valence-electron chi connectivity index (χ1n) is 5.31. The number of anilines is 1. The number of hydrogen-bond acceptors (Lipinski definition) is 2. The van der Waals surface area contributed by atoms with Gasteiger partial charge in [-0.25, -0.2) is 0 Å². The molecule has 1 heterocycles. The van der Waals surface area contributed by atoms with E-state index in [1.165, 1.54) is 27.9 Å². The van der Waals surface area contributed by atoms with Crippen molar-refractivity contribution in [1.82, 2.24) is 0 Å². The molecule has 2 rings (SSSR count). The molecule has 1 aromatic carbocycles. The molecule has 1 N–H and O–H groups in total. The Morgan fingerprint density at radius 3 is 2.93 bits per heavy atom. The van der Waals surface area contributed by atoms with Crippen molar-refractivity contribution >= 4 is 33.4 Å². The van der Waals surface area contributed by atoms with Gasteiger partial charge in [-0.15, -0.1) is 0 Å². The summed E-state index contributed by atoms with van der Waals surface area (Å²) in [6.45, 7) is 4.43. The van der Waals surface area contributed by atoms with Gasteiger partial charge in [-0.2, -0.15) is 11.8 Å². The van der Waals surface area contributed by atoms with Gasteiger partial charge in [0.25, 0.3) is 0 Å². The van der Waals surface area contributed by atoms with Crippen LogP contribution in [0.5, 0.6) is 0 Å². The second kappa shape index (κ2) is 4.79. The maximum atomic E-state index is 3.64. The normalized spacial score (nSPS) is 25.5. The van der Waals surface area contributed by atoms with Crippen LogP contribution in [0.15, 0.2) is 22.7 Å². The Kier molecular flexibility index (Phi) is 3.62.